The molecule has 1 aromatic heterocycles. The normalized spacial score (nSPS) is 12.2. The molecule has 2 N–H and O–H groups in total. The van der Waals surface area contributed by atoms with Crippen LogP contribution in [0, 0.1) is 0 Å². The Morgan fingerprint density at radius 1 is 1.26 bits per heavy atom. The van der Waals surface area contributed by atoms with Gasteiger partial charge in [-0.3, -0.25) is 9.67 Å². The molecular formula is C20H32IN5O. The highest BCUT2D eigenvalue weighted by atomic mass is 127. The van der Waals surface area contributed by atoms with E-state index in [1.165, 1.54) is 5.56 Å². The zero-order valence-corrected chi connectivity index (χ0v) is 18.8. The fourth-order valence-electron chi connectivity index (χ4n) is 2.70. The van der Waals surface area contributed by atoms with Crippen LogP contribution in [0.15, 0.2) is 47.7 Å². The Labute approximate surface area is 179 Å². The van der Waals surface area contributed by atoms with Crippen LogP contribution < -0.4 is 15.4 Å². The summed E-state index contributed by atoms with van der Waals surface area (Å²) >= 11 is 0. The van der Waals surface area contributed by atoms with Crippen molar-refractivity contribution in [1.82, 2.24) is 20.4 Å². The number of guanidine groups is 1. The number of halogens is 1. The number of methoxy groups -OCH3 is 1. The first-order valence-electron chi connectivity index (χ1n) is 9.36. The summed E-state index contributed by atoms with van der Waals surface area (Å²) in [7, 11) is 1.69. The molecule has 0 aliphatic carbocycles. The maximum Gasteiger partial charge on any atom is 0.191 e. The molecule has 2 rings (SSSR count). The zero-order valence-electron chi connectivity index (χ0n) is 16.5. The number of hydrogen-bond acceptors (Lipinski definition) is 3. The quantitative estimate of drug-likeness (QED) is 0.234. The highest BCUT2D eigenvalue weighted by Crippen LogP contribution is 2.21. The van der Waals surface area contributed by atoms with Gasteiger partial charge in [0.15, 0.2) is 5.96 Å². The van der Waals surface area contributed by atoms with Crippen molar-refractivity contribution in [3.8, 4) is 5.75 Å². The average Bonchev–Trinajstić information content (AvgIpc) is 3.18. The largest absolute Gasteiger partial charge is 0.497 e. The van der Waals surface area contributed by atoms with E-state index in [2.05, 4.69) is 46.7 Å². The second-order valence-corrected chi connectivity index (χ2v) is 6.27. The maximum atomic E-state index is 5.22. The van der Waals surface area contributed by atoms with Gasteiger partial charge in [-0.1, -0.05) is 19.1 Å². The van der Waals surface area contributed by atoms with Crippen molar-refractivity contribution in [2.75, 3.05) is 26.7 Å². The summed E-state index contributed by atoms with van der Waals surface area (Å²) in [5, 5.41) is 10.9. The smallest absolute Gasteiger partial charge is 0.191 e. The van der Waals surface area contributed by atoms with Gasteiger partial charge >= 0.3 is 0 Å². The molecule has 2 aromatic rings. The van der Waals surface area contributed by atoms with Gasteiger partial charge in [-0.25, -0.2) is 0 Å². The van der Waals surface area contributed by atoms with Crippen LogP contribution >= 0.6 is 24.0 Å². The molecule has 0 aliphatic rings. The van der Waals surface area contributed by atoms with Crippen molar-refractivity contribution < 1.29 is 4.74 Å². The van der Waals surface area contributed by atoms with Crippen molar-refractivity contribution in [2.24, 2.45) is 4.99 Å². The fraction of sp³-hybridized carbons (Fsp3) is 0.500. The Balaban J connectivity index is 0.00000364. The molecule has 1 aromatic carbocycles. The maximum absolute atomic E-state index is 5.22. The standard InChI is InChI=1S/C20H31N5O.HI/c1-4-21-20(22-12-5-15-25-16-6-13-24-25)23-14-11-17(2)18-7-9-19(26-3)10-8-18;/h6-10,13,16-17H,4-5,11-12,14-15H2,1-3H3,(H2,21,22,23);1H. The Hall–Kier alpha value is -1.77. The van der Waals surface area contributed by atoms with Crippen molar-refractivity contribution in [3.05, 3.63) is 48.3 Å². The van der Waals surface area contributed by atoms with Gasteiger partial charge in [0.1, 0.15) is 5.75 Å². The van der Waals surface area contributed by atoms with Gasteiger partial charge in [0.05, 0.1) is 7.11 Å². The lowest BCUT2D eigenvalue weighted by atomic mass is 9.98. The molecule has 0 spiro atoms. The molecule has 1 atom stereocenters. The first-order chi connectivity index (χ1) is 12.7. The summed E-state index contributed by atoms with van der Waals surface area (Å²) in [6, 6.07) is 10.3. The molecule has 0 saturated heterocycles. The number of rotatable bonds is 10. The third kappa shape index (κ3) is 8.64. The van der Waals surface area contributed by atoms with Crippen LogP contribution in [0.5, 0.6) is 5.75 Å². The highest BCUT2D eigenvalue weighted by molar-refractivity contribution is 14.0. The van der Waals surface area contributed by atoms with Gasteiger partial charge in [0.2, 0.25) is 0 Å². The molecule has 0 amide bonds. The number of benzene rings is 1. The number of aliphatic imine (C=N–C) groups is 1. The molecule has 1 unspecified atom stereocenters. The van der Waals surface area contributed by atoms with Crippen LogP contribution in [0.1, 0.15) is 38.2 Å². The topological polar surface area (TPSA) is 63.5 Å². The number of ether oxygens (including phenoxy) is 1. The Morgan fingerprint density at radius 2 is 2.04 bits per heavy atom. The SMILES string of the molecule is CCNC(=NCCCn1cccn1)NCCC(C)c1ccc(OC)cc1.I. The van der Waals surface area contributed by atoms with E-state index in [0.29, 0.717) is 5.92 Å². The monoisotopic (exact) mass is 485 g/mol. The van der Waals surface area contributed by atoms with E-state index in [4.69, 9.17) is 4.74 Å². The lowest BCUT2D eigenvalue weighted by Crippen LogP contribution is -2.38. The van der Waals surface area contributed by atoms with Crippen LogP contribution in [-0.4, -0.2) is 42.5 Å². The molecule has 0 aliphatic heterocycles. The first kappa shape index (κ1) is 23.3. The van der Waals surface area contributed by atoms with Crippen LogP contribution in [-0.2, 0) is 6.54 Å². The van der Waals surface area contributed by atoms with Crippen LogP contribution in [0.2, 0.25) is 0 Å². The van der Waals surface area contributed by atoms with E-state index in [1.807, 2.05) is 29.1 Å². The second-order valence-electron chi connectivity index (χ2n) is 6.27. The molecule has 0 bridgehead atoms. The second kappa shape index (κ2) is 13.4. The lowest BCUT2D eigenvalue weighted by Gasteiger charge is -2.15. The average molecular weight is 485 g/mol. The Kier molecular flexibility index (Phi) is 11.6. The molecule has 7 heteroatoms. The summed E-state index contributed by atoms with van der Waals surface area (Å²) in [6.07, 6.45) is 5.80. The predicted molar refractivity (Wildman–Crippen MR) is 122 cm³/mol. The summed E-state index contributed by atoms with van der Waals surface area (Å²) in [5.74, 6) is 2.27. The molecule has 1 heterocycles. The number of nitrogens with one attached hydrogen (secondary N) is 2. The van der Waals surface area contributed by atoms with E-state index in [0.717, 1.165) is 50.7 Å². The molecule has 6 nitrogen and oxygen atoms in total. The third-order valence-electron chi connectivity index (χ3n) is 4.27. The van der Waals surface area contributed by atoms with E-state index in [1.54, 1.807) is 13.3 Å². The minimum absolute atomic E-state index is 0. The summed E-state index contributed by atoms with van der Waals surface area (Å²) < 4.78 is 7.15. The molecule has 0 fully saturated rings. The van der Waals surface area contributed by atoms with Gasteiger partial charge < -0.3 is 15.4 Å². The number of aromatic nitrogens is 2. The molecule has 0 saturated carbocycles. The minimum Gasteiger partial charge on any atom is -0.497 e. The van der Waals surface area contributed by atoms with Gasteiger partial charge in [0.25, 0.3) is 0 Å². The highest BCUT2D eigenvalue weighted by Gasteiger charge is 2.06. The van der Waals surface area contributed by atoms with E-state index >= 15 is 0 Å². The van der Waals surface area contributed by atoms with Crippen LogP contribution in [0.25, 0.3) is 0 Å². The summed E-state index contributed by atoms with van der Waals surface area (Å²) in [6.45, 7) is 7.75. The molecule has 0 radical (unpaired) electrons. The number of aryl methyl sites for hydroxylation is 1. The number of nitrogens with zero attached hydrogens (tertiary/aromatic N) is 3. The first-order valence-corrected chi connectivity index (χ1v) is 9.36. The molecule has 150 valence electrons. The van der Waals surface area contributed by atoms with Crippen molar-refractivity contribution >= 4 is 29.9 Å². The summed E-state index contributed by atoms with van der Waals surface area (Å²) in [4.78, 5) is 4.64. The minimum atomic E-state index is 0. The van der Waals surface area contributed by atoms with Gasteiger partial charge in [-0.15, -0.1) is 24.0 Å². The van der Waals surface area contributed by atoms with Crippen LogP contribution in [0.3, 0.4) is 0 Å². The zero-order chi connectivity index (χ0) is 18.6. The predicted octanol–water partition coefficient (Wildman–Crippen LogP) is 3.65. The van der Waals surface area contributed by atoms with Crippen molar-refractivity contribution in [2.45, 2.75) is 39.2 Å². The molecular weight excluding hydrogens is 453 g/mol. The van der Waals surface area contributed by atoms with Crippen LogP contribution in [0.4, 0.5) is 0 Å². The van der Waals surface area contributed by atoms with E-state index in [-0.39, 0.29) is 24.0 Å². The van der Waals surface area contributed by atoms with Gasteiger partial charge in [-0.05, 0) is 49.4 Å². The number of hydrogen-bond donors (Lipinski definition) is 2. The van der Waals surface area contributed by atoms with Crippen molar-refractivity contribution in [3.63, 3.8) is 0 Å². The lowest BCUT2D eigenvalue weighted by molar-refractivity contribution is 0.414. The van der Waals surface area contributed by atoms with Gasteiger partial charge in [-0.2, -0.15) is 5.10 Å². The Morgan fingerprint density at radius 3 is 2.67 bits per heavy atom. The van der Waals surface area contributed by atoms with Gasteiger partial charge in [0, 0.05) is 38.6 Å². The van der Waals surface area contributed by atoms with E-state index < -0.39 is 0 Å². The summed E-state index contributed by atoms with van der Waals surface area (Å²) in [5.41, 5.74) is 1.33. The molecule has 27 heavy (non-hydrogen) atoms. The van der Waals surface area contributed by atoms with E-state index in [9.17, 15) is 0 Å². The van der Waals surface area contributed by atoms with Crippen molar-refractivity contribution in [1.29, 1.82) is 0 Å². The third-order valence-corrected chi connectivity index (χ3v) is 4.27. The Bertz CT molecular complexity index is 643. The fourth-order valence-corrected chi connectivity index (χ4v) is 2.70.